The predicted octanol–water partition coefficient (Wildman–Crippen LogP) is 1.76. The number of nitrogens with zero attached hydrogens (tertiary/aromatic N) is 2. The highest BCUT2D eigenvalue weighted by Gasteiger charge is 2.10. The predicted molar refractivity (Wildman–Crippen MR) is 104 cm³/mol. The number of ether oxygens (including phenoxy) is 2. The van der Waals surface area contributed by atoms with Gasteiger partial charge in [-0.2, -0.15) is 0 Å². The third-order valence-corrected chi connectivity index (χ3v) is 4.50. The summed E-state index contributed by atoms with van der Waals surface area (Å²) < 4.78 is 10.6. The van der Waals surface area contributed by atoms with E-state index >= 15 is 0 Å². The first-order valence-electron chi connectivity index (χ1n) is 9.16. The van der Waals surface area contributed by atoms with Crippen LogP contribution >= 0.6 is 0 Å². The standard InChI is InChI=1S/C20H26N4O3/c1-26-18-5-3-2-4-16(18)14-23-20(25)17-6-7-19(22-15-17)21-8-9-24-10-12-27-13-11-24/h2-7,15H,8-14H2,1H3,(H,21,22)(H,23,25). The molecule has 0 saturated carbocycles. The summed E-state index contributed by atoms with van der Waals surface area (Å²) in [5, 5.41) is 6.19. The van der Waals surface area contributed by atoms with Crippen molar-refractivity contribution in [1.82, 2.24) is 15.2 Å². The molecule has 1 amide bonds. The number of aromatic nitrogens is 1. The van der Waals surface area contributed by atoms with Gasteiger partial charge in [0.05, 0.1) is 25.9 Å². The van der Waals surface area contributed by atoms with Crippen LogP contribution in [0, 0.1) is 0 Å². The van der Waals surface area contributed by atoms with Gasteiger partial charge in [-0.15, -0.1) is 0 Å². The summed E-state index contributed by atoms with van der Waals surface area (Å²) in [6, 6.07) is 11.2. The highest BCUT2D eigenvalue weighted by atomic mass is 16.5. The van der Waals surface area contributed by atoms with Crippen molar-refractivity contribution in [1.29, 1.82) is 0 Å². The first-order valence-corrected chi connectivity index (χ1v) is 9.16. The van der Waals surface area contributed by atoms with E-state index in [0.717, 1.165) is 56.5 Å². The molecule has 0 unspecified atom stereocenters. The Kier molecular flexibility index (Phi) is 7.01. The summed E-state index contributed by atoms with van der Waals surface area (Å²) >= 11 is 0. The minimum atomic E-state index is -0.159. The molecule has 0 atom stereocenters. The lowest BCUT2D eigenvalue weighted by Gasteiger charge is -2.26. The second kappa shape index (κ2) is 9.89. The molecule has 7 nitrogen and oxygen atoms in total. The summed E-state index contributed by atoms with van der Waals surface area (Å²) in [5.74, 6) is 1.37. The number of morpholine rings is 1. The lowest BCUT2D eigenvalue weighted by molar-refractivity contribution is 0.0398. The van der Waals surface area contributed by atoms with Crippen molar-refractivity contribution in [2.24, 2.45) is 0 Å². The number of carbonyl (C=O) groups excluding carboxylic acids is 1. The van der Waals surface area contributed by atoms with Gasteiger partial charge >= 0.3 is 0 Å². The Hall–Kier alpha value is -2.64. The largest absolute Gasteiger partial charge is 0.496 e. The van der Waals surface area contributed by atoms with Gasteiger partial charge in [-0.25, -0.2) is 4.98 Å². The van der Waals surface area contributed by atoms with Gasteiger partial charge in [-0.3, -0.25) is 9.69 Å². The van der Waals surface area contributed by atoms with E-state index in [2.05, 4.69) is 20.5 Å². The first-order chi connectivity index (χ1) is 13.3. The molecule has 0 aliphatic carbocycles. The lowest BCUT2D eigenvalue weighted by atomic mass is 10.2. The SMILES string of the molecule is COc1ccccc1CNC(=O)c1ccc(NCCN2CCOCC2)nc1. The van der Waals surface area contributed by atoms with Gasteiger partial charge in [0, 0.05) is 44.5 Å². The van der Waals surface area contributed by atoms with Crippen LogP contribution < -0.4 is 15.4 Å². The van der Waals surface area contributed by atoms with Crippen LogP contribution in [0.25, 0.3) is 0 Å². The van der Waals surface area contributed by atoms with Crippen LogP contribution in [0.3, 0.4) is 0 Å². The summed E-state index contributed by atoms with van der Waals surface area (Å²) in [6.07, 6.45) is 1.59. The number of anilines is 1. The summed E-state index contributed by atoms with van der Waals surface area (Å²) in [7, 11) is 1.62. The van der Waals surface area contributed by atoms with Crippen LogP contribution in [0.1, 0.15) is 15.9 Å². The Morgan fingerprint density at radius 2 is 2.04 bits per heavy atom. The van der Waals surface area contributed by atoms with Crippen LogP contribution in [0.4, 0.5) is 5.82 Å². The highest BCUT2D eigenvalue weighted by molar-refractivity contribution is 5.94. The van der Waals surface area contributed by atoms with Crippen LogP contribution in [-0.2, 0) is 11.3 Å². The van der Waals surface area contributed by atoms with Gasteiger partial charge in [-0.05, 0) is 18.2 Å². The molecule has 2 heterocycles. The molecule has 27 heavy (non-hydrogen) atoms. The first kappa shape index (κ1) is 19.1. The molecule has 1 fully saturated rings. The van der Waals surface area contributed by atoms with Crippen molar-refractivity contribution >= 4 is 11.7 Å². The quantitative estimate of drug-likeness (QED) is 0.738. The Morgan fingerprint density at radius 1 is 1.22 bits per heavy atom. The number of amides is 1. The van der Waals surface area contributed by atoms with E-state index < -0.39 is 0 Å². The number of nitrogens with one attached hydrogen (secondary N) is 2. The zero-order valence-electron chi connectivity index (χ0n) is 15.6. The minimum absolute atomic E-state index is 0.159. The Morgan fingerprint density at radius 3 is 2.78 bits per heavy atom. The fourth-order valence-corrected chi connectivity index (χ4v) is 2.93. The Labute approximate surface area is 159 Å². The van der Waals surface area contributed by atoms with E-state index in [4.69, 9.17) is 9.47 Å². The second-order valence-electron chi connectivity index (χ2n) is 6.31. The molecule has 2 N–H and O–H groups in total. The molecule has 3 rings (SSSR count). The van der Waals surface area contributed by atoms with Crippen molar-refractivity contribution in [2.45, 2.75) is 6.54 Å². The Bertz CT molecular complexity index is 730. The van der Waals surface area contributed by atoms with Crippen molar-refractivity contribution in [3.05, 3.63) is 53.7 Å². The fraction of sp³-hybridized carbons (Fsp3) is 0.400. The van der Waals surface area contributed by atoms with Crippen molar-refractivity contribution in [3.63, 3.8) is 0 Å². The van der Waals surface area contributed by atoms with E-state index in [0.29, 0.717) is 12.1 Å². The highest BCUT2D eigenvalue weighted by Crippen LogP contribution is 2.17. The molecule has 0 bridgehead atoms. The van der Waals surface area contributed by atoms with Crippen LogP contribution in [0.2, 0.25) is 0 Å². The molecule has 2 aromatic rings. The van der Waals surface area contributed by atoms with Crippen molar-refractivity contribution in [3.8, 4) is 5.75 Å². The number of rotatable bonds is 8. The third-order valence-electron chi connectivity index (χ3n) is 4.50. The van der Waals surface area contributed by atoms with E-state index in [9.17, 15) is 4.79 Å². The van der Waals surface area contributed by atoms with Crippen LogP contribution in [-0.4, -0.2) is 62.3 Å². The Balaban J connectivity index is 1.45. The van der Waals surface area contributed by atoms with E-state index in [1.807, 2.05) is 30.3 Å². The number of hydrogen-bond acceptors (Lipinski definition) is 6. The molecular weight excluding hydrogens is 344 g/mol. The van der Waals surface area contributed by atoms with Gasteiger partial charge < -0.3 is 20.1 Å². The van der Waals surface area contributed by atoms with Gasteiger partial charge in [0.25, 0.3) is 5.91 Å². The summed E-state index contributed by atoms with van der Waals surface area (Å²) in [4.78, 5) is 19.0. The maximum atomic E-state index is 12.3. The topological polar surface area (TPSA) is 75.7 Å². The van der Waals surface area contributed by atoms with Gasteiger partial charge in [0.15, 0.2) is 0 Å². The molecule has 1 aliphatic heterocycles. The molecule has 144 valence electrons. The number of para-hydroxylation sites is 1. The number of pyridine rings is 1. The summed E-state index contributed by atoms with van der Waals surface area (Å²) in [5.41, 5.74) is 1.46. The van der Waals surface area contributed by atoms with Gasteiger partial charge in [-0.1, -0.05) is 18.2 Å². The smallest absolute Gasteiger partial charge is 0.253 e. The molecular formula is C20H26N4O3. The van der Waals surface area contributed by atoms with E-state index in [-0.39, 0.29) is 5.91 Å². The number of benzene rings is 1. The van der Waals surface area contributed by atoms with Crippen molar-refractivity contribution < 1.29 is 14.3 Å². The number of hydrogen-bond donors (Lipinski definition) is 2. The van der Waals surface area contributed by atoms with Crippen LogP contribution in [0.15, 0.2) is 42.6 Å². The zero-order valence-corrected chi connectivity index (χ0v) is 15.6. The molecule has 1 saturated heterocycles. The monoisotopic (exact) mass is 370 g/mol. The average Bonchev–Trinajstić information content (AvgIpc) is 2.73. The van der Waals surface area contributed by atoms with E-state index in [1.165, 1.54) is 0 Å². The molecule has 1 aliphatic rings. The minimum Gasteiger partial charge on any atom is -0.496 e. The molecule has 1 aromatic carbocycles. The lowest BCUT2D eigenvalue weighted by Crippen LogP contribution is -2.39. The molecule has 7 heteroatoms. The van der Waals surface area contributed by atoms with Gasteiger partial charge in [0.1, 0.15) is 11.6 Å². The zero-order chi connectivity index (χ0) is 18.9. The van der Waals surface area contributed by atoms with E-state index in [1.54, 1.807) is 19.4 Å². The number of carbonyl (C=O) groups is 1. The fourth-order valence-electron chi connectivity index (χ4n) is 2.93. The molecule has 1 aromatic heterocycles. The summed E-state index contributed by atoms with van der Waals surface area (Å²) in [6.45, 7) is 5.72. The van der Waals surface area contributed by atoms with Crippen LogP contribution in [0.5, 0.6) is 5.75 Å². The average molecular weight is 370 g/mol. The third kappa shape index (κ3) is 5.67. The van der Waals surface area contributed by atoms with Crippen molar-refractivity contribution in [2.75, 3.05) is 51.8 Å². The molecule has 0 spiro atoms. The normalized spacial score (nSPS) is 14.6. The number of methoxy groups -OCH3 is 1. The maximum absolute atomic E-state index is 12.3. The second-order valence-corrected chi connectivity index (χ2v) is 6.31. The molecule has 0 radical (unpaired) electrons. The van der Waals surface area contributed by atoms with Gasteiger partial charge in [0.2, 0.25) is 0 Å². The maximum Gasteiger partial charge on any atom is 0.253 e.